The van der Waals surface area contributed by atoms with Crippen molar-refractivity contribution < 1.29 is 4.79 Å². The maximum absolute atomic E-state index is 11.8. The fraction of sp³-hybridized carbons (Fsp3) is 0.417. The highest BCUT2D eigenvalue weighted by molar-refractivity contribution is 5.94. The highest BCUT2D eigenvalue weighted by Gasteiger charge is 2.39. The molecule has 1 radical (unpaired) electrons. The highest BCUT2D eigenvalue weighted by atomic mass is 16.1. The molecule has 147 valence electrons. The Labute approximate surface area is 168 Å². The molecule has 2 heterocycles. The minimum absolute atomic E-state index is 0.320. The molecular weight excluding hydrogens is 346 g/mol. The van der Waals surface area contributed by atoms with Gasteiger partial charge in [-0.25, -0.2) is 0 Å². The Balaban J connectivity index is 1.27. The quantitative estimate of drug-likeness (QED) is 0.808. The van der Waals surface area contributed by atoms with E-state index in [2.05, 4.69) is 59.5 Å². The first-order valence-corrected chi connectivity index (χ1v) is 10.3. The van der Waals surface area contributed by atoms with E-state index in [1.807, 2.05) is 12.1 Å². The number of benzene rings is 2. The molecule has 2 fully saturated rings. The second kappa shape index (κ2) is 8.46. The summed E-state index contributed by atoms with van der Waals surface area (Å²) in [6.45, 7) is 8.68. The number of nitrogens with two attached hydrogens (primary N) is 1. The number of rotatable bonds is 7. The molecule has 2 aliphatic heterocycles. The number of primary amides is 1. The van der Waals surface area contributed by atoms with E-state index in [-0.39, 0.29) is 5.91 Å². The highest BCUT2D eigenvalue weighted by Crippen LogP contribution is 2.32. The number of carbonyl (C=O) groups is 1. The summed E-state index contributed by atoms with van der Waals surface area (Å²) in [5.74, 6) is 1.18. The number of nitrogens with zero attached hydrogens (tertiary/aromatic N) is 2. The smallest absolute Gasteiger partial charge is 0.249 e. The third-order valence-electron chi connectivity index (χ3n) is 6.32. The lowest BCUT2D eigenvalue weighted by Gasteiger charge is -2.23. The average Bonchev–Trinajstić information content (AvgIpc) is 3.22. The summed E-state index contributed by atoms with van der Waals surface area (Å²) in [5, 5.41) is 0. The van der Waals surface area contributed by atoms with Crippen LogP contribution in [0.5, 0.6) is 0 Å². The largest absolute Gasteiger partial charge is 0.366 e. The molecule has 2 aromatic rings. The van der Waals surface area contributed by atoms with Gasteiger partial charge in [0.25, 0.3) is 0 Å². The van der Waals surface area contributed by atoms with Crippen molar-refractivity contribution in [2.45, 2.75) is 19.9 Å². The lowest BCUT2D eigenvalue weighted by molar-refractivity contribution is 0.0998. The van der Waals surface area contributed by atoms with Crippen molar-refractivity contribution in [1.29, 1.82) is 0 Å². The molecule has 0 spiro atoms. The molecule has 2 aromatic carbocycles. The van der Waals surface area contributed by atoms with Crippen LogP contribution in [0.3, 0.4) is 0 Å². The zero-order valence-electron chi connectivity index (χ0n) is 16.7. The third kappa shape index (κ3) is 4.29. The van der Waals surface area contributed by atoms with Gasteiger partial charge in [-0.15, -0.1) is 0 Å². The second-order valence-corrected chi connectivity index (χ2v) is 8.34. The summed E-state index contributed by atoms with van der Waals surface area (Å²) in [5.41, 5.74) is 9.84. The first-order valence-electron chi connectivity index (χ1n) is 10.3. The molecule has 0 bridgehead atoms. The molecular formula is C24H30N3O. The number of amides is 1. The molecule has 2 N–H and O–H groups in total. The molecule has 4 nitrogen and oxygen atoms in total. The molecule has 2 aliphatic rings. The van der Waals surface area contributed by atoms with Crippen molar-refractivity contribution in [3.05, 3.63) is 77.2 Å². The topological polar surface area (TPSA) is 49.6 Å². The molecule has 1 amide bonds. The summed E-state index contributed by atoms with van der Waals surface area (Å²) < 4.78 is 0. The fourth-order valence-corrected chi connectivity index (χ4v) is 4.87. The minimum Gasteiger partial charge on any atom is -0.366 e. The third-order valence-corrected chi connectivity index (χ3v) is 6.32. The summed E-state index contributed by atoms with van der Waals surface area (Å²) >= 11 is 0. The fourth-order valence-electron chi connectivity index (χ4n) is 4.87. The van der Waals surface area contributed by atoms with Crippen LogP contribution in [0.25, 0.3) is 0 Å². The van der Waals surface area contributed by atoms with Crippen LogP contribution in [0.15, 0.2) is 48.5 Å². The van der Waals surface area contributed by atoms with E-state index in [9.17, 15) is 4.79 Å². The Morgan fingerprint density at radius 2 is 1.68 bits per heavy atom. The molecule has 1 unspecified atom stereocenters. The maximum atomic E-state index is 11.8. The van der Waals surface area contributed by atoms with Gasteiger partial charge in [0.2, 0.25) is 5.91 Å². The zero-order valence-corrected chi connectivity index (χ0v) is 16.7. The van der Waals surface area contributed by atoms with Crippen molar-refractivity contribution in [2.75, 3.05) is 32.7 Å². The number of hydrogen-bond donors (Lipinski definition) is 1. The van der Waals surface area contributed by atoms with E-state index in [1.54, 1.807) is 0 Å². The summed E-state index contributed by atoms with van der Waals surface area (Å²) in [4.78, 5) is 16.9. The van der Waals surface area contributed by atoms with E-state index >= 15 is 0 Å². The van der Waals surface area contributed by atoms with Crippen LogP contribution in [0.2, 0.25) is 0 Å². The SMILES string of the molecule is Cc1cccc(C(N)=O)c1CN1CC2CN(CC[CH]c3ccccc3)C[C@H]2C1. The van der Waals surface area contributed by atoms with E-state index in [0.29, 0.717) is 5.56 Å². The van der Waals surface area contributed by atoms with Crippen LogP contribution in [-0.2, 0) is 6.54 Å². The maximum Gasteiger partial charge on any atom is 0.249 e. The first-order chi connectivity index (χ1) is 13.6. The first kappa shape index (κ1) is 19.2. The van der Waals surface area contributed by atoms with Crippen LogP contribution in [-0.4, -0.2) is 48.4 Å². The van der Waals surface area contributed by atoms with Gasteiger partial charge in [0.15, 0.2) is 0 Å². The predicted octanol–water partition coefficient (Wildman–Crippen LogP) is 3.10. The number of aryl methyl sites for hydroxylation is 1. The normalized spacial score (nSPS) is 22.5. The summed E-state index contributed by atoms with van der Waals surface area (Å²) in [6.07, 6.45) is 3.45. The van der Waals surface area contributed by atoms with Gasteiger partial charge in [0, 0.05) is 38.3 Å². The average molecular weight is 377 g/mol. The van der Waals surface area contributed by atoms with Gasteiger partial charge in [-0.05, 0) is 60.9 Å². The Hall–Kier alpha value is -2.17. The summed E-state index contributed by atoms with van der Waals surface area (Å²) in [6, 6.07) is 16.4. The number of likely N-dealkylation sites (tertiary alicyclic amines) is 2. The minimum atomic E-state index is -0.320. The van der Waals surface area contributed by atoms with E-state index in [1.165, 1.54) is 18.7 Å². The molecule has 2 atom stereocenters. The number of hydrogen-bond acceptors (Lipinski definition) is 3. The van der Waals surface area contributed by atoms with E-state index < -0.39 is 0 Å². The number of carbonyl (C=O) groups excluding carboxylic acids is 1. The van der Waals surface area contributed by atoms with Gasteiger partial charge in [0.05, 0.1) is 0 Å². The zero-order chi connectivity index (χ0) is 19.5. The van der Waals surface area contributed by atoms with Gasteiger partial charge >= 0.3 is 0 Å². The lowest BCUT2D eigenvalue weighted by Crippen LogP contribution is -2.30. The van der Waals surface area contributed by atoms with Crippen LogP contribution >= 0.6 is 0 Å². The Kier molecular flexibility index (Phi) is 5.79. The molecule has 0 saturated carbocycles. The Morgan fingerprint density at radius 1 is 1.00 bits per heavy atom. The molecule has 4 heteroatoms. The van der Waals surface area contributed by atoms with E-state index in [4.69, 9.17) is 5.73 Å². The van der Waals surface area contributed by atoms with Crippen LogP contribution in [0.4, 0.5) is 0 Å². The van der Waals surface area contributed by atoms with Gasteiger partial charge in [0.1, 0.15) is 0 Å². The molecule has 28 heavy (non-hydrogen) atoms. The Morgan fingerprint density at radius 3 is 2.36 bits per heavy atom. The second-order valence-electron chi connectivity index (χ2n) is 8.34. The molecule has 0 aliphatic carbocycles. The van der Waals surface area contributed by atoms with Gasteiger partial charge in [-0.2, -0.15) is 0 Å². The van der Waals surface area contributed by atoms with Crippen LogP contribution in [0.1, 0.15) is 33.5 Å². The van der Waals surface area contributed by atoms with Crippen molar-refractivity contribution >= 4 is 5.91 Å². The van der Waals surface area contributed by atoms with Gasteiger partial charge in [-0.3, -0.25) is 9.69 Å². The van der Waals surface area contributed by atoms with Gasteiger partial charge in [-0.1, -0.05) is 42.5 Å². The lowest BCUT2D eigenvalue weighted by atomic mass is 10.0. The van der Waals surface area contributed by atoms with Crippen molar-refractivity contribution in [2.24, 2.45) is 17.6 Å². The molecule has 0 aromatic heterocycles. The number of fused-ring (bicyclic) bond motifs is 1. The van der Waals surface area contributed by atoms with Crippen molar-refractivity contribution in [3.8, 4) is 0 Å². The standard InChI is InChI=1S/C24H30N3O/c1-18-7-5-11-22(24(25)28)23(18)17-27-15-20-13-26(14-21(20)16-27)12-6-10-19-8-3-2-4-9-19/h2-5,7-11,20-21H,6,12-17H2,1H3,(H2,25,28)/t20-,21?/m0/s1. The monoisotopic (exact) mass is 376 g/mol. The van der Waals surface area contributed by atoms with Crippen LogP contribution in [0, 0.1) is 25.2 Å². The van der Waals surface area contributed by atoms with Gasteiger partial charge < -0.3 is 10.6 Å². The summed E-state index contributed by atoms with van der Waals surface area (Å²) in [7, 11) is 0. The molecule has 2 saturated heterocycles. The van der Waals surface area contributed by atoms with E-state index in [0.717, 1.165) is 55.6 Å². The van der Waals surface area contributed by atoms with Crippen molar-refractivity contribution in [3.63, 3.8) is 0 Å². The predicted molar refractivity (Wildman–Crippen MR) is 113 cm³/mol. The van der Waals surface area contributed by atoms with Crippen molar-refractivity contribution in [1.82, 2.24) is 9.80 Å². The Bertz CT molecular complexity index is 806. The van der Waals surface area contributed by atoms with Crippen LogP contribution < -0.4 is 5.73 Å². The molecule has 4 rings (SSSR count).